The highest BCUT2D eigenvalue weighted by Crippen LogP contribution is 2.56. The van der Waals surface area contributed by atoms with Crippen LogP contribution in [0.15, 0.2) is 18.2 Å². The van der Waals surface area contributed by atoms with Gasteiger partial charge in [-0.25, -0.2) is 4.39 Å². The third-order valence-electron chi connectivity index (χ3n) is 2.86. The molecule has 0 fully saturated rings. The zero-order valence-electron chi connectivity index (χ0n) is 13.0. The number of hydrogen-bond donors (Lipinski definition) is 5. The number of phenolic OH excluding ortho intramolecular Hbond substituents is 4. The van der Waals surface area contributed by atoms with Gasteiger partial charge in [0.05, 0.1) is 11.3 Å². The maximum absolute atomic E-state index is 13.5. The minimum Gasteiger partial charge on any atom is -0.504 e. The number of anilines is 1. The molecule has 0 amide bonds. The smallest absolute Gasteiger partial charge is 0.504 e. The third-order valence-corrected chi connectivity index (χ3v) is 2.86. The number of nitrogen functional groups attached to an aromatic ring is 1. The third kappa shape index (κ3) is 4.08. The summed E-state index contributed by atoms with van der Waals surface area (Å²) in [5.41, 5.74) is 3.87. The number of halogens is 4. The zero-order valence-corrected chi connectivity index (χ0v) is 13.0. The Morgan fingerprint density at radius 2 is 1.48 bits per heavy atom. The average molecular weight is 365 g/mol. The molecular weight excluding hydrogens is 350 g/mol. The van der Waals surface area contributed by atoms with Crippen LogP contribution in [-0.4, -0.2) is 26.8 Å². The predicted molar refractivity (Wildman–Crippen MR) is 80.9 cm³/mol. The van der Waals surface area contributed by atoms with Gasteiger partial charge in [0.25, 0.3) is 0 Å². The summed E-state index contributed by atoms with van der Waals surface area (Å²) in [6.07, 6.45) is -5.30. The lowest BCUT2D eigenvalue weighted by molar-refractivity contribution is -0.275. The number of rotatable bonds is 2. The predicted octanol–water partition coefficient (Wildman–Crippen LogP) is 3.82. The van der Waals surface area contributed by atoms with Crippen LogP contribution in [0.2, 0.25) is 0 Å². The van der Waals surface area contributed by atoms with Gasteiger partial charge in [-0.3, -0.25) is 0 Å². The van der Waals surface area contributed by atoms with E-state index in [-0.39, 0.29) is 11.3 Å². The van der Waals surface area contributed by atoms with E-state index in [4.69, 9.17) is 5.73 Å². The van der Waals surface area contributed by atoms with Crippen LogP contribution in [0, 0.1) is 5.82 Å². The van der Waals surface area contributed by atoms with E-state index in [1.165, 1.54) is 0 Å². The molecular formula is C15H15F4NO5. The molecule has 0 aliphatic heterocycles. The van der Waals surface area contributed by atoms with E-state index in [0.717, 1.165) is 12.1 Å². The minimum atomic E-state index is -5.30. The normalized spacial score (nSPS) is 10.8. The summed E-state index contributed by atoms with van der Waals surface area (Å²) >= 11 is 0. The van der Waals surface area contributed by atoms with Gasteiger partial charge in [-0.1, -0.05) is 19.9 Å². The molecule has 2 aromatic carbocycles. The number of ether oxygens (including phenoxy) is 1. The fraction of sp³-hybridized carbons (Fsp3) is 0.200. The molecule has 0 aromatic heterocycles. The zero-order chi connectivity index (χ0) is 19.5. The van der Waals surface area contributed by atoms with Crippen LogP contribution in [-0.2, 0) is 0 Å². The highest BCUT2D eigenvalue weighted by atomic mass is 19.4. The number of benzene rings is 2. The van der Waals surface area contributed by atoms with Crippen molar-refractivity contribution < 1.29 is 42.7 Å². The largest absolute Gasteiger partial charge is 0.573 e. The van der Waals surface area contributed by atoms with Crippen LogP contribution in [0.3, 0.4) is 0 Å². The van der Waals surface area contributed by atoms with Crippen LogP contribution in [0.25, 0.3) is 11.1 Å². The van der Waals surface area contributed by atoms with Gasteiger partial charge in [-0.15, -0.1) is 13.2 Å². The van der Waals surface area contributed by atoms with Gasteiger partial charge in [0, 0.05) is 0 Å². The van der Waals surface area contributed by atoms with Gasteiger partial charge in [0.15, 0.2) is 11.5 Å². The molecule has 0 atom stereocenters. The van der Waals surface area contributed by atoms with Gasteiger partial charge in [-0.05, 0) is 17.7 Å². The van der Waals surface area contributed by atoms with Gasteiger partial charge in [0.2, 0.25) is 17.2 Å². The molecule has 10 heteroatoms. The Bertz CT molecular complexity index is 778. The summed E-state index contributed by atoms with van der Waals surface area (Å²) in [5, 5.41) is 38.5. The fourth-order valence-corrected chi connectivity index (χ4v) is 1.84. The summed E-state index contributed by atoms with van der Waals surface area (Å²) in [5.74, 6) is -7.95. The van der Waals surface area contributed by atoms with E-state index < -0.39 is 46.5 Å². The molecule has 0 radical (unpaired) electrons. The second-order valence-corrected chi connectivity index (χ2v) is 4.38. The van der Waals surface area contributed by atoms with Gasteiger partial charge < -0.3 is 30.9 Å². The summed E-state index contributed by atoms with van der Waals surface area (Å²) in [7, 11) is 0. The monoisotopic (exact) mass is 365 g/mol. The van der Waals surface area contributed by atoms with Crippen molar-refractivity contribution in [2.24, 2.45) is 0 Å². The topological polar surface area (TPSA) is 116 Å². The summed E-state index contributed by atoms with van der Waals surface area (Å²) < 4.78 is 53.9. The molecule has 0 heterocycles. The first kappa shape index (κ1) is 20.0. The molecule has 0 unspecified atom stereocenters. The first-order valence-corrected chi connectivity index (χ1v) is 6.84. The summed E-state index contributed by atoms with van der Waals surface area (Å²) in [4.78, 5) is 0. The highest BCUT2D eigenvalue weighted by molar-refractivity contribution is 5.85. The molecule has 25 heavy (non-hydrogen) atoms. The van der Waals surface area contributed by atoms with Crippen LogP contribution in [0.1, 0.15) is 13.8 Å². The lowest BCUT2D eigenvalue weighted by atomic mass is 10.0. The van der Waals surface area contributed by atoms with E-state index in [1.54, 1.807) is 0 Å². The minimum absolute atomic E-state index is 0.289. The lowest BCUT2D eigenvalue weighted by Crippen LogP contribution is -2.17. The first-order chi connectivity index (χ1) is 11.5. The SMILES string of the molecule is CC.Nc1ccc(-c2c(O)c(O)c(O)c(OC(F)(F)F)c2O)cc1F. The Hall–Kier alpha value is -3.04. The molecule has 0 spiro atoms. The van der Waals surface area contributed by atoms with Crippen LogP contribution < -0.4 is 10.5 Å². The standard InChI is InChI=1S/C13H9F4NO5.C2H6/c14-5-3-4(1-2-6(5)18)7-8(19)10(21)11(22)12(9(7)20)23-13(15,16)17;1-2/h1-3,19-22H,18H2;1-2H3. The van der Waals surface area contributed by atoms with E-state index in [9.17, 15) is 38.0 Å². The van der Waals surface area contributed by atoms with Gasteiger partial charge in [0.1, 0.15) is 5.82 Å². The quantitative estimate of drug-likeness (QED) is 0.239. The fourth-order valence-electron chi connectivity index (χ4n) is 1.84. The van der Waals surface area contributed by atoms with E-state index >= 15 is 0 Å². The summed E-state index contributed by atoms with van der Waals surface area (Å²) in [6.45, 7) is 4.00. The van der Waals surface area contributed by atoms with Crippen molar-refractivity contribution in [1.82, 2.24) is 0 Å². The second-order valence-electron chi connectivity index (χ2n) is 4.38. The Labute approximate surface area is 139 Å². The maximum Gasteiger partial charge on any atom is 0.573 e. The molecule has 2 aromatic rings. The highest BCUT2D eigenvalue weighted by Gasteiger charge is 2.37. The molecule has 2 rings (SSSR count). The Morgan fingerprint density at radius 1 is 0.920 bits per heavy atom. The van der Waals surface area contributed by atoms with Crippen LogP contribution >= 0.6 is 0 Å². The maximum atomic E-state index is 13.5. The molecule has 0 saturated carbocycles. The van der Waals surface area contributed by atoms with Crippen LogP contribution in [0.4, 0.5) is 23.2 Å². The van der Waals surface area contributed by atoms with E-state index in [2.05, 4.69) is 4.74 Å². The van der Waals surface area contributed by atoms with Crippen molar-refractivity contribution in [2.45, 2.75) is 20.2 Å². The molecule has 0 aliphatic rings. The number of alkyl halides is 3. The molecule has 6 nitrogen and oxygen atoms in total. The Kier molecular flexibility index (Phi) is 5.79. The second kappa shape index (κ2) is 7.24. The lowest BCUT2D eigenvalue weighted by Gasteiger charge is -2.17. The Morgan fingerprint density at radius 3 is 1.96 bits per heavy atom. The number of phenols is 4. The molecule has 6 N–H and O–H groups in total. The first-order valence-electron chi connectivity index (χ1n) is 6.84. The van der Waals surface area contributed by atoms with Crippen LogP contribution in [0.5, 0.6) is 28.7 Å². The molecule has 138 valence electrons. The number of aromatic hydroxyl groups is 4. The molecule has 0 saturated heterocycles. The van der Waals surface area contributed by atoms with Gasteiger partial charge >= 0.3 is 6.36 Å². The average Bonchev–Trinajstić information content (AvgIpc) is 2.54. The van der Waals surface area contributed by atoms with Crippen molar-refractivity contribution in [3.63, 3.8) is 0 Å². The van der Waals surface area contributed by atoms with Gasteiger partial charge in [-0.2, -0.15) is 0 Å². The van der Waals surface area contributed by atoms with Crippen molar-refractivity contribution in [1.29, 1.82) is 0 Å². The molecule has 0 bridgehead atoms. The number of nitrogens with two attached hydrogens (primary N) is 1. The molecule has 0 aliphatic carbocycles. The number of hydrogen-bond acceptors (Lipinski definition) is 6. The van der Waals surface area contributed by atoms with Crippen molar-refractivity contribution >= 4 is 5.69 Å². The van der Waals surface area contributed by atoms with Crippen molar-refractivity contribution in [2.75, 3.05) is 5.73 Å². The van der Waals surface area contributed by atoms with Crippen molar-refractivity contribution in [3.05, 3.63) is 24.0 Å². The van der Waals surface area contributed by atoms with E-state index in [0.29, 0.717) is 6.07 Å². The Balaban J connectivity index is 0.00000151. The van der Waals surface area contributed by atoms with Crippen molar-refractivity contribution in [3.8, 4) is 39.9 Å². The van der Waals surface area contributed by atoms with E-state index in [1.807, 2.05) is 13.8 Å². The summed E-state index contributed by atoms with van der Waals surface area (Å²) in [6, 6.07) is 2.80.